The van der Waals surface area contributed by atoms with Gasteiger partial charge >= 0.3 is 5.97 Å². The average Bonchev–Trinajstić information content (AvgIpc) is 1.79. The molecule has 0 fully saturated rings. The van der Waals surface area contributed by atoms with E-state index in [0.29, 0.717) is 0 Å². The quantitative estimate of drug-likeness (QED) is 0.692. The van der Waals surface area contributed by atoms with Crippen molar-refractivity contribution in [2.75, 3.05) is 0 Å². The molecule has 0 unspecified atom stereocenters. The lowest BCUT2D eigenvalue weighted by Gasteiger charge is -2.27. The van der Waals surface area contributed by atoms with Crippen LogP contribution in [-0.4, -0.2) is 16.6 Å². The molecule has 0 aliphatic carbocycles. The molecule has 0 aliphatic rings. The van der Waals surface area contributed by atoms with Crippen molar-refractivity contribution in [3.05, 3.63) is 0 Å². The average molecular weight is 187 g/mol. The maximum Gasteiger partial charge on any atom is 0.303 e. The van der Waals surface area contributed by atoms with Gasteiger partial charge in [-0.15, -0.1) is 0 Å². The van der Waals surface area contributed by atoms with Gasteiger partial charge in [-0.3, -0.25) is 4.79 Å². The predicted molar refractivity (Wildman–Crippen MR) is 53.5 cm³/mol. The highest BCUT2D eigenvalue weighted by Crippen LogP contribution is 2.28. The Labute approximate surface area is 80.3 Å². The van der Waals surface area contributed by atoms with E-state index in [0.717, 1.165) is 12.8 Å². The van der Waals surface area contributed by atoms with Crippen LogP contribution in [0.4, 0.5) is 0 Å². The lowest BCUT2D eigenvalue weighted by atomic mass is 9.81. The third kappa shape index (κ3) is 7.78. The molecule has 0 bridgehead atoms. The normalized spacial score (nSPS) is 13.0. The fourth-order valence-electron chi connectivity index (χ4n) is 1.16. The van der Waals surface area contributed by atoms with Crippen molar-refractivity contribution in [3.8, 4) is 0 Å². The first-order chi connectivity index (χ1) is 5.62. The van der Waals surface area contributed by atoms with Crippen LogP contribution >= 0.6 is 0 Å². The summed E-state index contributed by atoms with van der Waals surface area (Å²) in [6.45, 7) is 7.85. The zero-order valence-corrected chi connectivity index (χ0v) is 9.05. The van der Waals surface area contributed by atoms with E-state index in [1.807, 2.05) is 27.7 Å². The maximum atomic E-state index is 10.5. The smallest absolute Gasteiger partial charge is 0.303 e. The lowest BCUT2D eigenvalue weighted by Crippen LogP contribution is -2.33. The van der Waals surface area contributed by atoms with E-state index < -0.39 is 5.97 Å². The van der Waals surface area contributed by atoms with Gasteiger partial charge in [0.2, 0.25) is 0 Å². The molecule has 0 saturated heterocycles. The molecule has 0 amide bonds. The number of aliphatic carboxylic acids is 1. The SMILES string of the molecule is CC(C)(N)CCC(C)(C)CC(=O)O. The molecule has 0 saturated carbocycles. The Hall–Kier alpha value is -0.570. The van der Waals surface area contributed by atoms with Crippen LogP contribution in [0.15, 0.2) is 0 Å². The molecule has 0 aromatic heterocycles. The molecule has 0 spiro atoms. The predicted octanol–water partition coefficient (Wildman–Crippen LogP) is 2.00. The maximum absolute atomic E-state index is 10.5. The first kappa shape index (κ1) is 12.4. The lowest BCUT2D eigenvalue weighted by molar-refractivity contribution is -0.139. The van der Waals surface area contributed by atoms with Gasteiger partial charge in [0.05, 0.1) is 6.42 Å². The van der Waals surface area contributed by atoms with Crippen molar-refractivity contribution in [1.82, 2.24) is 0 Å². The number of carboxylic acids is 1. The highest BCUT2D eigenvalue weighted by Gasteiger charge is 2.24. The molecule has 3 N–H and O–H groups in total. The molecule has 13 heavy (non-hydrogen) atoms. The van der Waals surface area contributed by atoms with Crippen molar-refractivity contribution in [2.24, 2.45) is 11.1 Å². The Morgan fingerprint density at radius 1 is 1.23 bits per heavy atom. The highest BCUT2D eigenvalue weighted by atomic mass is 16.4. The van der Waals surface area contributed by atoms with Crippen molar-refractivity contribution >= 4 is 5.97 Å². The van der Waals surface area contributed by atoms with E-state index in [2.05, 4.69) is 0 Å². The van der Waals surface area contributed by atoms with Gasteiger partial charge in [0.25, 0.3) is 0 Å². The van der Waals surface area contributed by atoms with Gasteiger partial charge in [0.15, 0.2) is 0 Å². The minimum Gasteiger partial charge on any atom is -0.481 e. The molecule has 0 heterocycles. The van der Waals surface area contributed by atoms with Crippen LogP contribution in [0, 0.1) is 5.41 Å². The van der Waals surface area contributed by atoms with Crippen LogP contribution in [0.1, 0.15) is 47.0 Å². The van der Waals surface area contributed by atoms with Crippen LogP contribution in [0.25, 0.3) is 0 Å². The van der Waals surface area contributed by atoms with E-state index in [1.165, 1.54) is 0 Å². The minimum atomic E-state index is -0.736. The molecule has 3 heteroatoms. The fraction of sp³-hybridized carbons (Fsp3) is 0.900. The van der Waals surface area contributed by atoms with Crippen molar-refractivity contribution in [2.45, 2.75) is 52.5 Å². The van der Waals surface area contributed by atoms with Crippen LogP contribution in [0.3, 0.4) is 0 Å². The van der Waals surface area contributed by atoms with E-state index >= 15 is 0 Å². The van der Waals surface area contributed by atoms with Gasteiger partial charge in [-0.2, -0.15) is 0 Å². The van der Waals surface area contributed by atoms with Gasteiger partial charge in [-0.25, -0.2) is 0 Å². The van der Waals surface area contributed by atoms with Crippen LogP contribution in [0.5, 0.6) is 0 Å². The second kappa shape index (κ2) is 4.09. The minimum absolute atomic E-state index is 0.150. The molecule has 0 radical (unpaired) electrons. The molecule has 0 aliphatic heterocycles. The summed E-state index contributed by atoms with van der Waals surface area (Å²) in [4.78, 5) is 10.5. The summed E-state index contributed by atoms with van der Waals surface area (Å²) in [5, 5.41) is 8.65. The Morgan fingerprint density at radius 3 is 2.00 bits per heavy atom. The van der Waals surface area contributed by atoms with Crippen LogP contribution in [-0.2, 0) is 4.79 Å². The third-order valence-corrected chi connectivity index (χ3v) is 2.08. The third-order valence-electron chi connectivity index (χ3n) is 2.08. The Bertz CT molecular complexity index is 180. The van der Waals surface area contributed by atoms with Gasteiger partial charge in [0.1, 0.15) is 0 Å². The van der Waals surface area contributed by atoms with Gasteiger partial charge in [-0.1, -0.05) is 13.8 Å². The number of hydrogen-bond acceptors (Lipinski definition) is 2. The summed E-state index contributed by atoms with van der Waals surface area (Å²) < 4.78 is 0. The van der Waals surface area contributed by atoms with E-state index in [-0.39, 0.29) is 17.4 Å². The Morgan fingerprint density at radius 2 is 1.69 bits per heavy atom. The Balaban J connectivity index is 3.96. The molecule has 78 valence electrons. The van der Waals surface area contributed by atoms with Crippen molar-refractivity contribution < 1.29 is 9.90 Å². The van der Waals surface area contributed by atoms with Gasteiger partial charge in [0, 0.05) is 5.54 Å². The van der Waals surface area contributed by atoms with E-state index in [1.54, 1.807) is 0 Å². The molecular formula is C10H21NO2. The van der Waals surface area contributed by atoms with E-state index in [9.17, 15) is 4.79 Å². The standard InChI is InChI=1S/C10H21NO2/c1-9(2,7-8(12)13)5-6-10(3,4)11/h5-7,11H2,1-4H3,(H,12,13). The van der Waals surface area contributed by atoms with Crippen molar-refractivity contribution in [1.29, 1.82) is 0 Å². The van der Waals surface area contributed by atoms with Gasteiger partial charge < -0.3 is 10.8 Å². The second-order valence-corrected chi connectivity index (χ2v) is 5.22. The largest absolute Gasteiger partial charge is 0.481 e. The molecular weight excluding hydrogens is 166 g/mol. The summed E-state index contributed by atoms with van der Waals surface area (Å²) in [6, 6.07) is 0. The first-order valence-corrected chi connectivity index (χ1v) is 4.63. The van der Waals surface area contributed by atoms with Gasteiger partial charge in [-0.05, 0) is 32.1 Å². The zero-order valence-electron chi connectivity index (χ0n) is 9.05. The van der Waals surface area contributed by atoms with Crippen LogP contribution < -0.4 is 5.73 Å². The fourth-order valence-corrected chi connectivity index (χ4v) is 1.16. The number of carbonyl (C=O) groups is 1. The topological polar surface area (TPSA) is 63.3 Å². The van der Waals surface area contributed by atoms with E-state index in [4.69, 9.17) is 10.8 Å². The summed E-state index contributed by atoms with van der Waals surface area (Å²) in [7, 11) is 0. The zero-order chi connectivity index (χ0) is 10.7. The summed E-state index contributed by atoms with van der Waals surface area (Å²) in [5.74, 6) is -0.736. The molecule has 0 rings (SSSR count). The van der Waals surface area contributed by atoms with Crippen molar-refractivity contribution in [3.63, 3.8) is 0 Å². The summed E-state index contributed by atoms with van der Waals surface area (Å²) in [5.41, 5.74) is 5.48. The monoisotopic (exact) mass is 187 g/mol. The number of rotatable bonds is 5. The Kier molecular flexibility index (Phi) is 3.91. The molecule has 0 aromatic rings. The number of nitrogens with two attached hydrogens (primary N) is 1. The second-order valence-electron chi connectivity index (χ2n) is 5.22. The highest BCUT2D eigenvalue weighted by molar-refractivity contribution is 5.67. The first-order valence-electron chi connectivity index (χ1n) is 4.63. The number of hydrogen-bond donors (Lipinski definition) is 2. The van der Waals surface area contributed by atoms with Crippen LogP contribution in [0.2, 0.25) is 0 Å². The summed E-state index contributed by atoms with van der Waals surface area (Å²) >= 11 is 0. The molecule has 0 aromatic carbocycles. The number of carboxylic acid groups (broad SMARTS) is 1. The molecule has 3 nitrogen and oxygen atoms in total. The molecule has 0 atom stereocenters. The summed E-state index contributed by atoms with van der Waals surface area (Å²) in [6.07, 6.45) is 1.92.